The lowest BCUT2D eigenvalue weighted by molar-refractivity contribution is 0.0989. The first-order chi connectivity index (χ1) is 10.0. The normalized spacial score (nSPS) is 10.2. The lowest BCUT2D eigenvalue weighted by atomic mass is 10.1. The molecule has 2 N–H and O–H groups in total. The van der Waals surface area contributed by atoms with E-state index in [0.717, 1.165) is 0 Å². The molecule has 0 fully saturated rings. The van der Waals surface area contributed by atoms with Crippen LogP contribution in [-0.4, -0.2) is 19.6 Å². The number of nitrogen functional groups attached to an aromatic ring is 1. The summed E-state index contributed by atoms with van der Waals surface area (Å²) in [5, 5.41) is 0.525. The fraction of sp³-hybridized carbons (Fsp3) is 0.188. The number of nitrogens with zero attached hydrogens (tertiary/aromatic N) is 1. The molecule has 110 valence electrons. The zero-order valence-electron chi connectivity index (χ0n) is 12.0. The number of carbonyl (C=O) groups is 1. The van der Waals surface area contributed by atoms with Crippen molar-refractivity contribution in [3.05, 3.63) is 53.1 Å². The molecule has 0 aliphatic carbocycles. The number of hydrogen-bond acceptors (Lipinski definition) is 3. The maximum Gasteiger partial charge on any atom is 0.261 e. The van der Waals surface area contributed by atoms with Crippen LogP contribution < -0.4 is 15.4 Å². The topological polar surface area (TPSA) is 55.6 Å². The Bertz CT molecular complexity index is 658. The quantitative estimate of drug-likeness (QED) is 0.878. The number of hydrogen-bond donors (Lipinski definition) is 1. The van der Waals surface area contributed by atoms with Crippen molar-refractivity contribution >= 4 is 28.9 Å². The molecule has 0 unspecified atom stereocenters. The van der Waals surface area contributed by atoms with Gasteiger partial charge >= 0.3 is 0 Å². The van der Waals surface area contributed by atoms with Crippen LogP contribution in [0.2, 0.25) is 5.02 Å². The minimum atomic E-state index is -0.201. The molecule has 0 aliphatic rings. The van der Waals surface area contributed by atoms with Gasteiger partial charge in [0.1, 0.15) is 5.75 Å². The van der Waals surface area contributed by atoms with E-state index >= 15 is 0 Å². The molecule has 4 nitrogen and oxygen atoms in total. The summed E-state index contributed by atoms with van der Waals surface area (Å²) < 4.78 is 5.49. The van der Waals surface area contributed by atoms with E-state index in [1.165, 1.54) is 4.90 Å². The molecule has 0 spiro atoms. The van der Waals surface area contributed by atoms with Gasteiger partial charge in [0.15, 0.2) is 0 Å². The number of amides is 1. The molecular formula is C16H17ClN2O2. The van der Waals surface area contributed by atoms with Gasteiger partial charge in [-0.25, -0.2) is 0 Å². The highest BCUT2D eigenvalue weighted by molar-refractivity contribution is 6.31. The Morgan fingerprint density at radius 3 is 2.71 bits per heavy atom. The second kappa shape index (κ2) is 6.50. The Balaban J connectivity index is 2.37. The predicted octanol–water partition coefficient (Wildman–Crippen LogP) is 3.60. The van der Waals surface area contributed by atoms with E-state index in [-0.39, 0.29) is 5.91 Å². The van der Waals surface area contributed by atoms with Crippen molar-refractivity contribution in [1.29, 1.82) is 0 Å². The monoisotopic (exact) mass is 304 g/mol. The van der Waals surface area contributed by atoms with E-state index in [1.54, 1.807) is 43.4 Å². The summed E-state index contributed by atoms with van der Waals surface area (Å²) in [6.45, 7) is 2.37. The van der Waals surface area contributed by atoms with Crippen LogP contribution in [0.15, 0.2) is 42.5 Å². The van der Waals surface area contributed by atoms with E-state index < -0.39 is 0 Å². The van der Waals surface area contributed by atoms with E-state index in [1.807, 2.05) is 13.0 Å². The largest absolute Gasteiger partial charge is 0.493 e. The average molecular weight is 305 g/mol. The summed E-state index contributed by atoms with van der Waals surface area (Å²) in [6, 6.07) is 12.2. The zero-order valence-corrected chi connectivity index (χ0v) is 12.7. The van der Waals surface area contributed by atoms with Gasteiger partial charge in [0.2, 0.25) is 0 Å². The maximum atomic E-state index is 12.7. The van der Waals surface area contributed by atoms with Gasteiger partial charge in [0, 0.05) is 12.1 Å². The predicted molar refractivity (Wildman–Crippen MR) is 86.2 cm³/mol. The van der Waals surface area contributed by atoms with Crippen LogP contribution in [0, 0.1) is 0 Å². The molecule has 0 aromatic heterocycles. The van der Waals surface area contributed by atoms with Gasteiger partial charge in [-0.3, -0.25) is 4.79 Å². The third-order valence-corrected chi connectivity index (χ3v) is 3.31. The average Bonchev–Trinajstić information content (AvgIpc) is 2.49. The van der Waals surface area contributed by atoms with Crippen LogP contribution in [0.4, 0.5) is 11.4 Å². The molecule has 0 bridgehead atoms. The van der Waals surface area contributed by atoms with Crippen LogP contribution in [-0.2, 0) is 0 Å². The molecule has 1 amide bonds. The number of carbonyl (C=O) groups excluding carboxylic acids is 1. The molecule has 21 heavy (non-hydrogen) atoms. The Morgan fingerprint density at radius 2 is 2.00 bits per heavy atom. The molecule has 0 saturated carbocycles. The van der Waals surface area contributed by atoms with Gasteiger partial charge in [-0.05, 0) is 37.3 Å². The number of benzene rings is 2. The summed E-state index contributed by atoms with van der Waals surface area (Å²) in [6.07, 6.45) is 0. The number of para-hydroxylation sites is 1. The molecule has 2 aromatic carbocycles. The van der Waals surface area contributed by atoms with E-state index in [2.05, 4.69) is 0 Å². The van der Waals surface area contributed by atoms with Gasteiger partial charge in [0.25, 0.3) is 5.91 Å². The second-order valence-electron chi connectivity index (χ2n) is 4.50. The Kier molecular flexibility index (Phi) is 4.70. The Labute approximate surface area is 129 Å². The van der Waals surface area contributed by atoms with E-state index in [0.29, 0.717) is 34.3 Å². The van der Waals surface area contributed by atoms with Crippen LogP contribution >= 0.6 is 11.6 Å². The first-order valence-corrected chi connectivity index (χ1v) is 6.97. The molecule has 5 heteroatoms. The van der Waals surface area contributed by atoms with Crippen molar-refractivity contribution in [3.8, 4) is 5.75 Å². The van der Waals surface area contributed by atoms with Gasteiger partial charge in [-0.15, -0.1) is 0 Å². The molecule has 0 saturated heterocycles. The molecule has 0 aliphatic heterocycles. The lowest BCUT2D eigenvalue weighted by Crippen LogP contribution is -2.27. The number of halogens is 1. The van der Waals surface area contributed by atoms with Crippen molar-refractivity contribution < 1.29 is 9.53 Å². The van der Waals surface area contributed by atoms with Crippen LogP contribution in [0.25, 0.3) is 0 Å². The number of ether oxygens (including phenoxy) is 1. The minimum Gasteiger partial charge on any atom is -0.493 e. The number of rotatable bonds is 4. The van der Waals surface area contributed by atoms with Gasteiger partial charge < -0.3 is 15.4 Å². The highest BCUT2D eigenvalue weighted by Crippen LogP contribution is 2.29. The van der Waals surface area contributed by atoms with Gasteiger partial charge in [-0.2, -0.15) is 0 Å². The lowest BCUT2D eigenvalue weighted by Gasteiger charge is -2.21. The third-order valence-electron chi connectivity index (χ3n) is 3.08. The Morgan fingerprint density at radius 1 is 1.29 bits per heavy atom. The number of nitrogens with two attached hydrogens (primary N) is 1. The highest BCUT2D eigenvalue weighted by atomic mass is 35.5. The smallest absolute Gasteiger partial charge is 0.261 e. The van der Waals surface area contributed by atoms with Crippen LogP contribution in [0.1, 0.15) is 17.3 Å². The summed E-state index contributed by atoms with van der Waals surface area (Å²) in [4.78, 5) is 14.1. The molecule has 2 rings (SSSR count). The summed E-state index contributed by atoms with van der Waals surface area (Å²) in [7, 11) is 1.66. The van der Waals surface area contributed by atoms with Crippen molar-refractivity contribution in [2.75, 3.05) is 24.3 Å². The summed E-state index contributed by atoms with van der Waals surface area (Å²) >= 11 is 5.97. The number of anilines is 2. The molecule has 0 atom stereocenters. The molecule has 2 aromatic rings. The van der Waals surface area contributed by atoms with Crippen LogP contribution in [0.3, 0.4) is 0 Å². The fourth-order valence-corrected chi connectivity index (χ4v) is 2.19. The second-order valence-corrected chi connectivity index (χ2v) is 4.93. The minimum absolute atomic E-state index is 0.201. The first kappa shape index (κ1) is 15.2. The standard InChI is InChI=1S/C16H17ClN2O2/c1-3-21-15-7-5-4-6-12(15)16(20)19(2)14-10-11(17)8-9-13(14)18/h4-10H,3,18H2,1-2H3. The van der Waals surface area contributed by atoms with E-state index in [9.17, 15) is 4.79 Å². The van der Waals surface area contributed by atoms with Gasteiger partial charge in [-0.1, -0.05) is 23.7 Å². The highest BCUT2D eigenvalue weighted by Gasteiger charge is 2.19. The Hall–Kier alpha value is -2.20. The molecular weight excluding hydrogens is 288 g/mol. The van der Waals surface area contributed by atoms with Gasteiger partial charge in [0.05, 0.1) is 23.5 Å². The SMILES string of the molecule is CCOc1ccccc1C(=O)N(C)c1cc(Cl)ccc1N. The third kappa shape index (κ3) is 3.28. The van der Waals surface area contributed by atoms with E-state index in [4.69, 9.17) is 22.1 Å². The van der Waals surface area contributed by atoms with Crippen LogP contribution in [0.5, 0.6) is 5.75 Å². The first-order valence-electron chi connectivity index (χ1n) is 6.59. The van der Waals surface area contributed by atoms with Crippen molar-refractivity contribution in [1.82, 2.24) is 0 Å². The molecule has 0 heterocycles. The zero-order chi connectivity index (χ0) is 15.4. The van der Waals surface area contributed by atoms with Crippen molar-refractivity contribution in [2.24, 2.45) is 0 Å². The van der Waals surface area contributed by atoms with Crippen molar-refractivity contribution in [3.63, 3.8) is 0 Å². The molecule has 0 radical (unpaired) electrons. The summed E-state index contributed by atoms with van der Waals surface area (Å²) in [5.41, 5.74) is 7.46. The maximum absolute atomic E-state index is 12.7. The summed E-state index contributed by atoms with van der Waals surface area (Å²) in [5.74, 6) is 0.352. The van der Waals surface area contributed by atoms with Crippen molar-refractivity contribution in [2.45, 2.75) is 6.92 Å². The fourth-order valence-electron chi connectivity index (χ4n) is 2.02.